The number of rotatable bonds is 7. The SMILES string of the molecule is Cc1ccc(NC(=O)C2=CC=C(CN3CCN(C)CC3)C=CC2)cc1Nc1nccc(-c2cccnc2)n1. The third kappa shape index (κ3) is 6.59. The molecule has 0 unspecified atom stereocenters. The Morgan fingerprint density at radius 3 is 2.74 bits per heavy atom. The molecule has 0 spiro atoms. The van der Waals surface area contributed by atoms with Crippen molar-refractivity contribution in [1.29, 1.82) is 0 Å². The number of carbonyl (C=O) groups excluding carboxylic acids is 1. The van der Waals surface area contributed by atoms with Gasteiger partial charge < -0.3 is 15.5 Å². The molecule has 0 saturated carbocycles. The van der Waals surface area contributed by atoms with Crippen LogP contribution in [0.3, 0.4) is 0 Å². The van der Waals surface area contributed by atoms with Crippen LogP contribution < -0.4 is 10.6 Å². The second-order valence-corrected chi connectivity index (χ2v) is 9.74. The lowest BCUT2D eigenvalue weighted by molar-refractivity contribution is -0.112. The number of hydrogen-bond acceptors (Lipinski definition) is 7. The summed E-state index contributed by atoms with van der Waals surface area (Å²) in [6, 6.07) is 11.5. The Labute approximate surface area is 223 Å². The van der Waals surface area contributed by atoms with Crippen LogP contribution in [0.1, 0.15) is 12.0 Å². The lowest BCUT2D eigenvalue weighted by Gasteiger charge is -2.32. The van der Waals surface area contributed by atoms with Crippen molar-refractivity contribution in [3.63, 3.8) is 0 Å². The molecule has 38 heavy (non-hydrogen) atoms. The predicted molar refractivity (Wildman–Crippen MR) is 152 cm³/mol. The summed E-state index contributed by atoms with van der Waals surface area (Å²) in [5.74, 6) is 0.379. The molecule has 1 amide bonds. The van der Waals surface area contributed by atoms with E-state index in [1.807, 2.05) is 49.4 Å². The smallest absolute Gasteiger partial charge is 0.251 e. The first-order chi connectivity index (χ1) is 18.5. The van der Waals surface area contributed by atoms with E-state index in [0.717, 1.165) is 60.8 Å². The molecule has 8 heteroatoms. The molecule has 0 atom stereocenters. The molecule has 1 aromatic carbocycles. The lowest BCUT2D eigenvalue weighted by atomic mass is 10.1. The van der Waals surface area contributed by atoms with Gasteiger partial charge in [-0.2, -0.15) is 0 Å². The molecule has 0 bridgehead atoms. The zero-order valence-electron chi connectivity index (χ0n) is 21.9. The number of carbonyl (C=O) groups is 1. The minimum Gasteiger partial charge on any atom is -0.324 e. The molecule has 1 aliphatic carbocycles. The minimum atomic E-state index is -0.101. The van der Waals surface area contributed by atoms with Crippen LogP contribution in [-0.4, -0.2) is 70.4 Å². The van der Waals surface area contributed by atoms with Crippen molar-refractivity contribution in [3.8, 4) is 11.3 Å². The van der Waals surface area contributed by atoms with Gasteiger partial charge in [-0.3, -0.25) is 14.7 Å². The van der Waals surface area contributed by atoms with Gasteiger partial charge in [-0.1, -0.05) is 30.4 Å². The average molecular weight is 508 g/mol. The Morgan fingerprint density at radius 1 is 1.05 bits per heavy atom. The monoisotopic (exact) mass is 507 g/mol. The highest BCUT2D eigenvalue weighted by atomic mass is 16.1. The minimum absolute atomic E-state index is 0.101. The van der Waals surface area contributed by atoms with Crippen molar-refractivity contribution in [2.24, 2.45) is 0 Å². The zero-order valence-corrected chi connectivity index (χ0v) is 21.9. The fourth-order valence-corrected chi connectivity index (χ4v) is 4.47. The van der Waals surface area contributed by atoms with Crippen molar-refractivity contribution < 1.29 is 4.79 Å². The second kappa shape index (κ2) is 11.9. The maximum Gasteiger partial charge on any atom is 0.251 e. The number of nitrogens with one attached hydrogen (secondary N) is 2. The topological polar surface area (TPSA) is 86.3 Å². The Hall–Kier alpha value is -4.14. The second-order valence-electron chi connectivity index (χ2n) is 9.74. The van der Waals surface area contributed by atoms with Crippen LogP contribution in [0.5, 0.6) is 0 Å². The molecule has 5 rings (SSSR count). The molecule has 8 nitrogen and oxygen atoms in total. The summed E-state index contributed by atoms with van der Waals surface area (Å²) in [4.78, 5) is 31.1. The third-order valence-corrected chi connectivity index (χ3v) is 6.82. The van der Waals surface area contributed by atoms with Crippen molar-refractivity contribution in [2.45, 2.75) is 13.3 Å². The van der Waals surface area contributed by atoms with Gasteiger partial charge in [0.15, 0.2) is 0 Å². The van der Waals surface area contributed by atoms with Gasteiger partial charge in [0.1, 0.15) is 0 Å². The van der Waals surface area contributed by atoms with E-state index in [4.69, 9.17) is 0 Å². The Kier molecular flexibility index (Phi) is 8.01. The van der Waals surface area contributed by atoms with Gasteiger partial charge in [-0.15, -0.1) is 0 Å². The fourth-order valence-electron chi connectivity index (χ4n) is 4.47. The quantitative estimate of drug-likeness (QED) is 0.484. The van der Waals surface area contributed by atoms with Crippen LogP contribution in [0.25, 0.3) is 11.3 Å². The molecular weight excluding hydrogens is 474 g/mol. The van der Waals surface area contributed by atoms with E-state index >= 15 is 0 Å². The summed E-state index contributed by atoms with van der Waals surface area (Å²) in [6.45, 7) is 7.24. The molecule has 1 aliphatic heterocycles. The maximum atomic E-state index is 13.1. The highest BCUT2D eigenvalue weighted by Gasteiger charge is 2.16. The molecular formula is C30H33N7O. The van der Waals surface area contributed by atoms with Crippen LogP contribution >= 0.6 is 0 Å². The van der Waals surface area contributed by atoms with E-state index in [1.165, 1.54) is 5.57 Å². The highest BCUT2D eigenvalue weighted by Crippen LogP contribution is 2.25. The molecule has 2 aliphatic rings. The van der Waals surface area contributed by atoms with Crippen molar-refractivity contribution in [2.75, 3.05) is 50.4 Å². The van der Waals surface area contributed by atoms with Crippen molar-refractivity contribution in [1.82, 2.24) is 24.8 Å². The molecule has 2 N–H and O–H groups in total. The number of piperazine rings is 1. The number of pyridine rings is 1. The lowest BCUT2D eigenvalue weighted by Crippen LogP contribution is -2.44. The predicted octanol–water partition coefficient (Wildman–Crippen LogP) is 4.59. The van der Waals surface area contributed by atoms with Gasteiger partial charge in [0.2, 0.25) is 5.95 Å². The van der Waals surface area contributed by atoms with E-state index < -0.39 is 0 Å². The molecule has 2 aromatic heterocycles. The Morgan fingerprint density at radius 2 is 1.92 bits per heavy atom. The molecule has 3 heterocycles. The summed E-state index contributed by atoms with van der Waals surface area (Å²) in [5.41, 5.74) is 6.22. The molecule has 1 saturated heterocycles. The van der Waals surface area contributed by atoms with Crippen molar-refractivity contribution in [3.05, 3.63) is 96.0 Å². The summed E-state index contributed by atoms with van der Waals surface area (Å²) < 4.78 is 0. The van der Waals surface area contributed by atoms with Gasteiger partial charge >= 0.3 is 0 Å². The van der Waals surface area contributed by atoms with Crippen molar-refractivity contribution >= 4 is 23.2 Å². The van der Waals surface area contributed by atoms with E-state index in [2.05, 4.69) is 60.7 Å². The summed E-state index contributed by atoms with van der Waals surface area (Å²) in [7, 11) is 2.16. The summed E-state index contributed by atoms with van der Waals surface area (Å²) in [6.07, 6.45) is 14.1. The van der Waals surface area contributed by atoms with Gasteiger partial charge in [-0.25, -0.2) is 9.97 Å². The maximum absolute atomic E-state index is 13.1. The van der Waals surface area contributed by atoms with Crippen LogP contribution in [0.15, 0.2) is 90.4 Å². The molecule has 194 valence electrons. The number of anilines is 3. The van der Waals surface area contributed by atoms with E-state index in [1.54, 1.807) is 18.6 Å². The van der Waals surface area contributed by atoms with Gasteiger partial charge in [0.25, 0.3) is 5.91 Å². The summed E-state index contributed by atoms with van der Waals surface area (Å²) in [5, 5.41) is 6.35. The number of aryl methyl sites for hydroxylation is 1. The summed E-state index contributed by atoms with van der Waals surface area (Å²) >= 11 is 0. The normalized spacial score (nSPS) is 16.4. The van der Waals surface area contributed by atoms with Crippen LogP contribution in [0.2, 0.25) is 0 Å². The number of amides is 1. The van der Waals surface area contributed by atoms with Gasteiger partial charge in [0, 0.05) is 73.8 Å². The van der Waals surface area contributed by atoms with E-state index in [-0.39, 0.29) is 5.91 Å². The standard InChI is InChI=1S/C30H33N7O/c1-22-8-11-26(19-28(22)35-30-32-14-12-27(34-30)25-7-4-13-31-20-25)33-29(38)24-6-3-5-23(9-10-24)21-37-17-15-36(2)16-18-37/h3-5,7-14,19-20H,6,15-18,21H2,1-2H3,(H,33,38)(H,32,34,35). The van der Waals surface area contributed by atoms with Gasteiger partial charge in [-0.05, 0) is 61.9 Å². The number of likely N-dealkylation sites (N-methyl/N-ethyl adjacent to an activating group) is 1. The zero-order chi connectivity index (χ0) is 26.3. The average Bonchev–Trinajstić information content (AvgIpc) is 3.18. The highest BCUT2D eigenvalue weighted by molar-refractivity contribution is 6.04. The molecule has 0 radical (unpaired) electrons. The first-order valence-corrected chi connectivity index (χ1v) is 12.9. The third-order valence-electron chi connectivity index (χ3n) is 6.82. The number of nitrogens with zero attached hydrogens (tertiary/aromatic N) is 5. The number of aromatic nitrogens is 3. The van der Waals surface area contributed by atoms with Crippen LogP contribution in [-0.2, 0) is 4.79 Å². The largest absolute Gasteiger partial charge is 0.324 e. The van der Waals surface area contributed by atoms with Gasteiger partial charge in [0.05, 0.1) is 5.69 Å². The molecule has 1 fully saturated rings. The molecule has 3 aromatic rings. The number of benzene rings is 1. The first-order valence-electron chi connectivity index (χ1n) is 12.9. The van der Waals surface area contributed by atoms with Crippen LogP contribution in [0.4, 0.5) is 17.3 Å². The Balaban J connectivity index is 1.25. The van der Waals surface area contributed by atoms with Crippen LogP contribution in [0, 0.1) is 6.92 Å². The number of hydrogen-bond donors (Lipinski definition) is 2. The van der Waals surface area contributed by atoms with E-state index in [9.17, 15) is 4.79 Å². The Bertz CT molecular complexity index is 1370. The van der Waals surface area contributed by atoms with E-state index in [0.29, 0.717) is 18.1 Å². The fraction of sp³-hybridized carbons (Fsp3) is 0.267. The first kappa shape index (κ1) is 25.5. The number of allylic oxidation sites excluding steroid dienone is 3.